The molecule has 1 aliphatic carbocycles. The van der Waals surface area contributed by atoms with Gasteiger partial charge in [-0.05, 0) is 74.8 Å². The van der Waals surface area contributed by atoms with Crippen LogP contribution in [0.3, 0.4) is 0 Å². The van der Waals surface area contributed by atoms with Gasteiger partial charge in [0.2, 0.25) is 5.88 Å². The summed E-state index contributed by atoms with van der Waals surface area (Å²) in [6.07, 6.45) is 6.49. The third-order valence-electron chi connectivity index (χ3n) is 6.76. The van der Waals surface area contributed by atoms with E-state index in [1.807, 2.05) is 25.3 Å². The molecule has 0 N–H and O–H groups in total. The van der Waals surface area contributed by atoms with Crippen LogP contribution in [0.4, 0.5) is 0 Å². The Hall–Kier alpha value is -2.38. The zero-order valence-electron chi connectivity index (χ0n) is 19.0. The number of hydrogen-bond donors (Lipinski definition) is 0. The number of rotatable bonds is 6. The van der Waals surface area contributed by atoms with Crippen LogP contribution in [0.1, 0.15) is 55.3 Å². The maximum absolute atomic E-state index is 14.0. The lowest BCUT2D eigenvalue weighted by molar-refractivity contribution is 0.174. The van der Waals surface area contributed by atoms with E-state index in [1.54, 1.807) is 19.2 Å². The highest BCUT2D eigenvalue weighted by Crippen LogP contribution is 2.45. The van der Waals surface area contributed by atoms with E-state index >= 15 is 0 Å². The molecule has 0 spiro atoms. The van der Waals surface area contributed by atoms with Crippen molar-refractivity contribution in [3.8, 4) is 5.88 Å². The fraction of sp³-hybridized carbons (Fsp3) is 0.480. The van der Waals surface area contributed by atoms with Crippen molar-refractivity contribution >= 4 is 20.9 Å². The summed E-state index contributed by atoms with van der Waals surface area (Å²) in [4.78, 5) is 7.18. The fourth-order valence-electron chi connectivity index (χ4n) is 4.96. The summed E-state index contributed by atoms with van der Waals surface area (Å²) < 4.78 is 35.0. The van der Waals surface area contributed by atoms with E-state index in [-0.39, 0.29) is 4.90 Å². The van der Waals surface area contributed by atoms with E-state index in [2.05, 4.69) is 22.9 Å². The van der Waals surface area contributed by atoms with E-state index in [0.717, 1.165) is 54.6 Å². The number of ether oxygens (including phenoxy) is 1. The average molecular weight is 454 g/mol. The third-order valence-corrected chi connectivity index (χ3v) is 8.53. The second-order valence-electron chi connectivity index (χ2n) is 9.46. The van der Waals surface area contributed by atoms with Crippen LogP contribution >= 0.6 is 0 Å². The van der Waals surface area contributed by atoms with Gasteiger partial charge in [-0.3, -0.25) is 4.90 Å². The van der Waals surface area contributed by atoms with Crippen molar-refractivity contribution in [2.24, 2.45) is 5.92 Å². The minimum Gasteiger partial charge on any atom is -0.479 e. The number of aromatic nitrogens is 2. The minimum absolute atomic E-state index is 0.285. The predicted molar refractivity (Wildman–Crippen MR) is 126 cm³/mol. The molecule has 3 heterocycles. The predicted octanol–water partition coefficient (Wildman–Crippen LogP) is 4.70. The maximum Gasteiger partial charge on any atom is 0.268 e. The zero-order valence-corrected chi connectivity index (χ0v) is 19.9. The van der Waals surface area contributed by atoms with Gasteiger partial charge in [-0.15, -0.1) is 0 Å². The highest BCUT2D eigenvalue weighted by atomic mass is 32.2. The van der Waals surface area contributed by atoms with E-state index in [0.29, 0.717) is 29.8 Å². The Labute approximate surface area is 190 Å². The van der Waals surface area contributed by atoms with Crippen molar-refractivity contribution in [2.45, 2.75) is 56.9 Å². The molecule has 32 heavy (non-hydrogen) atoms. The van der Waals surface area contributed by atoms with Crippen LogP contribution in [-0.4, -0.2) is 42.5 Å². The summed E-state index contributed by atoms with van der Waals surface area (Å²) in [5.74, 6) is 1.43. The van der Waals surface area contributed by atoms with Gasteiger partial charge in [0.1, 0.15) is 5.52 Å². The van der Waals surface area contributed by atoms with Crippen LogP contribution in [0.2, 0.25) is 0 Å². The topological polar surface area (TPSA) is 64.4 Å². The van der Waals surface area contributed by atoms with E-state index in [4.69, 9.17) is 4.74 Å². The first-order chi connectivity index (χ1) is 15.4. The van der Waals surface area contributed by atoms with Crippen LogP contribution in [0.15, 0.2) is 41.4 Å². The van der Waals surface area contributed by atoms with Crippen LogP contribution in [0.5, 0.6) is 5.88 Å². The molecule has 0 bridgehead atoms. The van der Waals surface area contributed by atoms with Gasteiger partial charge in [-0.1, -0.05) is 24.6 Å². The number of nitrogens with zero attached hydrogens (tertiary/aromatic N) is 3. The summed E-state index contributed by atoms with van der Waals surface area (Å²) in [5, 5.41) is 0.954. The number of piperidine rings is 1. The number of aryl methyl sites for hydroxylation is 1. The highest BCUT2D eigenvalue weighted by molar-refractivity contribution is 7.90. The molecule has 0 radical (unpaired) electrons. The number of likely N-dealkylation sites (tertiary alicyclic amines) is 1. The second-order valence-corrected chi connectivity index (χ2v) is 11.2. The van der Waals surface area contributed by atoms with Crippen molar-refractivity contribution in [3.63, 3.8) is 0 Å². The Bertz CT molecular complexity index is 1240. The van der Waals surface area contributed by atoms with Gasteiger partial charge in [-0.2, -0.15) is 0 Å². The van der Waals surface area contributed by atoms with Gasteiger partial charge in [0.15, 0.2) is 0 Å². The molecule has 1 aliphatic heterocycles. The summed E-state index contributed by atoms with van der Waals surface area (Å²) in [6.45, 7) is 6.79. The number of fused-ring (bicyclic) bond motifs is 1. The van der Waals surface area contributed by atoms with Crippen LogP contribution in [0.25, 0.3) is 10.9 Å². The molecule has 1 saturated carbocycles. The molecular formula is C25H31N3O3S. The van der Waals surface area contributed by atoms with Gasteiger partial charge >= 0.3 is 0 Å². The van der Waals surface area contributed by atoms with Crippen LogP contribution in [0, 0.1) is 12.8 Å². The van der Waals surface area contributed by atoms with E-state index < -0.39 is 10.0 Å². The molecule has 6 nitrogen and oxygen atoms in total. The summed E-state index contributed by atoms with van der Waals surface area (Å²) in [6, 6.07) is 9.13. The van der Waals surface area contributed by atoms with Crippen LogP contribution < -0.4 is 4.74 Å². The molecule has 5 rings (SSSR count). The molecule has 7 heteroatoms. The van der Waals surface area contributed by atoms with E-state index in [9.17, 15) is 8.42 Å². The van der Waals surface area contributed by atoms with Gasteiger partial charge in [0.05, 0.1) is 12.0 Å². The van der Waals surface area contributed by atoms with Crippen molar-refractivity contribution < 1.29 is 13.2 Å². The molecule has 1 atom stereocenters. The Kier molecular flexibility index (Phi) is 5.50. The van der Waals surface area contributed by atoms with Crippen LogP contribution in [-0.2, 0) is 16.6 Å². The average Bonchev–Trinajstić information content (AvgIpc) is 3.53. The SMILES string of the molecule is COc1ncc(C2CC2)c2cc(CN3CCC[C@H](C)C3)n(S(=O)(=O)c3ccc(C)cc3)c12. The molecule has 170 valence electrons. The first-order valence-corrected chi connectivity index (χ1v) is 12.9. The summed E-state index contributed by atoms with van der Waals surface area (Å²) in [7, 11) is -2.26. The summed E-state index contributed by atoms with van der Waals surface area (Å²) in [5.41, 5.74) is 3.51. The molecular weight excluding hydrogens is 422 g/mol. The van der Waals surface area contributed by atoms with Gasteiger partial charge in [-0.25, -0.2) is 17.4 Å². The molecule has 2 aliphatic rings. The lowest BCUT2D eigenvalue weighted by Gasteiger charge is -2.31. The Balaban J connectivity index is 1.72. The quantitative estimate of drug-likeness (QED) is 0.541. The first-order valence-electron chi connectivity index (χ1n) is 11.5. The Morgan fingerprint density at radius 3 is 2.56 bits per heavy atom. The molecule has 2 fully saturated rings. The number of benzene rings is 1. The standard InChI is InChI=1S/C25H31N3O3S/c1-17-6-10-21(11-7-17)32(29,30)28-20(16-27-12-4-5-18(2)15-27)13-22-23(19-8-9-19)14-26-25(31-3)24(22)28/h6-7,10-11,13-14,18-19H,4-5,8-9,12,15-16H2,1-3H3/t18-/m0/s1. The monoisotopic (exact) mass is 453 g/mol. The minimum atomic E-state index is -3.82. The molecule has 1 saturated heterocycles. The molecule has 0 unspecified atom stereocenters. The van der Waals surface area contributed by atoms with E-state index in [1.165, 1.54) is 10.4 Å². The molecule has 3 aromatic rings. The Morgan fingerprint density at radius 2 is 1.91 bits per heavy atom. The largest absolute Gasteiger partial charge is 0.479 e. The number of methoxy groups -OCH3 is 1. The smallest absolute Gasteiger partial charge is 0.268 e. The zero-order chi connectivity index (χ0) is 22.5. The van der Waals surface area contributed by atoms with Crippen molar-refractivity contribution in [2.75, 3.05) is 20.2 Å². The normalized spacial score (nSPS) is 20.0. The number of hydrogen-bond acceptors (Lipinski definition) is 5. The first kappa shape index (κ1) is 21.5. The highest BCUT2D eigenvalue weighted by Gasteiger charge is 2.32. The van der Waals surface area contributed by atoms with Gasteiger partial charge in [0, 0.05) is 30.4 Å². The van der Waals surface area contributed by atoms with Gasteiger partial charge in [0.25, 0.3) is 10.0 Å². The molecule has 2 aromatic heterocycles. The maximum atomic E-state index is 14.0. The Morgan fingerprint density at radius 1 is 1.16 bits per heavy atom. The van der Waals surface area contributed by atoms with Gasteiger partial charge < -0.3 is 4.74 Å². The third kappa shape index (κ3) is 3.82. The number of pyridine rings is 1. The molecule has 1 aromatic carbocycles. The lowest BCUT2D eigenvalue weighted by atomic mass is 10.0. The van der Waals surface area contributed by atoms with Crippen molar-refractivity contribution in [3.05, 3.63) is 53.3 Å². The van der Waals surface area contributed by atoms with Crippen molar-refractivity contribution in [1.29, 1.82) is 0 Å². The molecule has 0 amide bonds. The second kappa shape index (κ2) is 8.19. The van der Waals surface area contributed by atoms with Crippen molar-refractivity contribution in [1.82, 2.24) is 13.9 Å². The lowest BCUT2D eigenvalue weighted by Crippen LogP contribution is -2.34. The summed E-state index contributed by atoms with van der Waals surface area (Å²) >= 11 is 0. The fourth-order valence-corrected chi connectivity index (χ4v) is 6.48.